The van der Waals surface area contributed by atoms with E-state index in [2.05, 4.69) is 75.4 Å². The van der Waals surface area contributed by atoms with Gasteiger partial charge in [0.2, 0.25) is 11.8 Å². The highest BCUT2D eigenvalue weighted by molar-refractivity contribution is 5.85. The molecule has 1 amide bonds. The lowest BCUT2D eigenvalue weighted by molar-refractivity contribution is -0.146. The van der Waals surface area contributed by atoms with E-state index in [-0.39, 0.29) is 54.8 Å². The highest BCUT2D eigenvalue weighted by Crippen LogP contribution is 2.41. The van der Waals surface area contributed by atoms with Crippen LogP contribution in [0.4, 0.5) is 0 Å². The first-order chi connectivity index (χ1) is 22.1. The number of hydrogen-bond donors (Lipinski definition) is 0. The van der Waals surface area contributed by atoms with Gasteiger partial charge in [0, 0.05) is 69.8 Å². The maximum absolute atomic E-state index is 13.5. The molecule has 3 aromatic rings. The topological polar surface area (TPSA) is 80.3 Å². The van der Waals surface area contributed by atoms with Crippen molar-refractivity contribution >= 4 is 30.7 Å². The molecule has 4 aliphatic rings. The van der Waals surface area contributed by atoms with Gasteiger partial charge in [-0.05, 0) is 43.7 Å². The number of amides is 1. The fourth-order valence-electron chi connectivity index (χ4n) is 7.54. The van der Waals surface area contributed by atoms with E-state index in [1.54, 1.807) is 7.11 Å². The summed E-state index contributed by atoms with van der Waals surface area (Å²) in [6.07, 6.45) is 3.70. The standard InChI is InChI=1S/C36H45N5O4.2ClH/c1-3-44-35-29(34(43-2)37-33(38-35)27-16-17-27)23-39-21-28-22-40(36(42)31-15-10-20-45-31)18-19-41(28)30(24-39)32(25-11-6-4-7-12-25)26-13-8-5-9-14-26;;/h4-9,11-14,27-28,30-32H,3,10,15-24H2,1-2H3;2*1H/t28-,30?,31+;;/m1../s1. The van der Waals surface area contributed by atoms with E-state index in [4.69, 9.17) is 24.2 Å². The second kappa shape index (κ2) is 16.0. The molecular weight excluding hydrogens is 637 g/mol. The number of piperazine rings is 2. The molecule has 3 atom stereocenters. The molecule has 1 aliphatic carbocycles. The number of ether oxygens (including phenoxy) is 3. The third-order valence-corrected chi connectivity index (χ3v) is 9.83. The minimum atomic E-state index is -0.298. The van der Waals surface area contributed by atoms with Crippen LogP contribution in [0.15, 0.2) is 60.7 Å². The number of aromatic nitrogens is 2. The lowest BCUT2D eigenvalue weighted by Crippen LogP contribution is -2.67. The Labute approximate surface area is 290 Å². The Hall–Kier alpha value is -2.95. The van der Waals surface area contributed by atoms with E-state index in [9.17, 15) is 4.79 Å². The minimum absolute atomic E-state index is 0. The van der Waals surface area contributed by atoms with Crippen LogP contribution in [0.25, 0.3) is 0 Å². The van der Waals surface area contributed by atoms with Crippen LogP contribution in [-0.2, 0) is 16.1 Å². The highest BCUT2D eigenvalue weighted by Gasteiger charge is 2.44. The van der Waals surface area contributed by atoms with E-state index in [0.29, 0.717) is 44.0 Å². The molecule has 254 valence electrons. The summed E-state index contributed by atoms with van der Waals surface area (Å²) in [6.45, 7) is 7.73. The number of methoxy groups -OCH3 is 1. The number of halogens is 2. The summed E-state index contributed by atoms with van der Waals surface area (Å²) in [5, 5.41) is 0. The van der Waals surface area contributed by atoms with Crippen molar-refractivity contribution in [1.29, 1.82) is 0 Å². The number of carbonyl (C=O) groups excluding carboxylic acids is 1. The van der Waals surface area contributed by atoms with Crippen LogP contribution in [-0.4, -0.2) is 102 Å². The average molecular weight is 685 g/mol. The summed E-state index contributed by atoms with van der Waals surface area (Å²) >= 11 is 0. The van der Waals surface area contributed by atoms with Crippen molar-refractivity contribution in [1.82, 2.24) is 24.7 Å². The molecular formula is C36H47Cl2N5O4. The molecule has 2 aromatic carbocycles. The number of fused-ring (bicyclic) bond motifs is 1. The van der Waals surface area contributed by atoms with Crippen molar-refractivity contribution < 1.29 is 19.0 Å². The zero-order valence-corrected chi connectivity index (χ0v) is 29.0. The lowest BCUT2D eigenvalue weighted by Gasteiger charge is -2.53. The van der Waals surface area contributed by atoms with Gasteiger partial charge in [0.05, 0.1) is 19.3 Å². The third kappa shape index (κ3) is 7.70. The fraction of sp³-hybridized carbons (Fsp3) is 0.528. The lowest BCUT2D eigenvalue weighted by atomic mass is 9.81. The number of benzene rings is 2. The molecule has 47 heavy (non-hydrogen) atoms. The molecule has 3 aliphatic heterocycles. The minimum Gasteiger partial charge on any atom is -0.481 e. The highest BCUT2D eigenvalue weighted by atomic mass is 35.5. The zero-order valence-electron chi connectivity index (χ0n) is 27.3. The van der Waals surface area contributed by atoms with Crippen LogP contribution in [0.1, 0.15) is 67.0 Å². The Balaban J connectivity index is 0.00000217. The summed E-state index contributed by atoms with van der Waals surface area (Å²) in [5.41, 5.74) is 3.50. The van der Waals surface area contributed by atoms with Crippen molar-refractivity contribution in [2.75, 3.05) is 53.0 Å². The van der Waals surface area contributed by atoms with Gasteiger partial charge in [-0.2, -0.15) is 9.97 Å². The predicted molar refractivity (Wildman–Crippen MR) is 186 cm³/mol. The maximum atomic E-state index is 13.5. The van der Waals surface area contributed by atoms with Crippen LogP contribution < -0.4 is 9.47 Å². The number of hydrogen-bond acceptors (Lipinski definition) is 8. The van der Waals surface area contributed by atoms with Gasteiger partial charge in [0.25, 0.3) is 5.91 Å². The Bertz CT molecular complexity index is 1420. The SMILES string of the molecule is CCOc1nc(C2CC2)nc(OC)c1CN1CC(C(c2ccccc2)c2ccccc2)N2CCN(C(=O)[C@@H]3CCCO3)C[C@H]2C1.Cl.Cl. The van der Waals surface area contributed by atoms with Gasteiger partial charge >= 0.3 is 0 Å². The van der Waals surface area contributed by atoms with Crippen molar-refractivity contribution in [2.24, 2.45) is 0 Å². The van der Waals surface area contributed by atoms with E-state index < -0.39 is 0 Å². The van der Waals surface area contributed by atoms with Crippen LogP contribution in [0.2, 0.25) is 0 Å². The number of carbonyl (C=O) groups is 1. The van der Waals surface area contributed by atoms with Crippen LogP contribution in [0.5, 0.6) is 11.8 Å². The normalized spacial score (nSPS) is 23.0. The fourth-order valence-corrected chi connectivity index (χ4v) is 7.54. The number of nitrogens with zero attached hydrogens (tertiary/aromatic N) is 5. The molecule has 0 spiro atoms. The van der Waals surface area contributed by atoms with E-state index in [1.807, 2.05) is 6.92 Å². The summed E-state index contributed by atoms with van der Waals surface area (Å²) in [7, 11) is 1.69. The van der Waals surface area contributed by atoms with Gasteiger partial charge in [-0.15, -0.1) is 24.8 Å². The Kier molecular flexibility index (Phi) is 12.0. The molecule has 0 bridgehead atoms. The zero-order chi connectivity index (χ0) is 30.8. The van der Waals surface area contributed by atoms with Crippen molar-refractivity contribution in [3.8, 4) is 11.8 Å². The summed E-state index contributed by atoms with van der Waals surface area (Å²) in [6, 6.07) is 22.1. The molecule has 1 saturated carbocycles. The maximum Gasteiger partial charge on any atom is 0.251 e. The molecule has 4 fully saturated rings. The predicted octanol–water partition coefficient (Wildman–Crippen LogP) is 5.31. The quantitative estimate of drug-likeness (QED) is 0.285. The van der Waals surface area contributed by atoms with E-state index in [1.165, 1.54) is 11.1 Å². The first-order valence-corrected chi connectivity index (χ1v) is 16.7. The van der Waals surface area contributed by atoms with Gasteiger partial charge in [-0.25, -0.2) is 0 Å². The molecule has 11 heteroatoms. The van der Waals surface area contributed by atoms with Crippen molar-refractivity contribution in [2.45, 2.75) is 69.2 Å². The second-order valence-electron chi connectivity index (χ2n) is 12.8. The Morgan fingerprint density at radius 3 is 2.19 bits per heavy atom. The van der Waals surface area contributed by atoms with Crippen LogP contribution in [0, 0.1) is 0 Å². The first-order valence-electron chi connectivity index (χ1n) is 16.7. The Morgan fingerprint density at radius 2 is 1.60 bits per heavy atom. The van der Waals surface area contributed by atoms with Crippen LogP contribution >= 0.6 is 24.8 Å². The van der Waals surface area contributed by atoms with Crippen molar-refractivity contribution in [3.63, 3.8) is 0 Å². The average Bonchev–Trinajstić information content (AvgIpc) is 3.79. The summed E-state index contributed by atoms with van der Waals surface area (Å²) in [4.78, 5) is 30.5. The van der Waals surface area contributed by atoms with Gasteiger partial charge in [-0.1, -0.05) is 60.7 Å². The smallest absolute Gasteiger partial charge is 0.251 e. The molecule has 4 heterocycles. The molecule has 1 aromatic heterocycles. The third-order valence-electron chi connectivity index (χ3n) is 9.83. The molecule has 9 nitrogen and oxygen atoms in total. The monoisotopic (exact) mass is 683 g/mol. The van der Waals surface area contributed by atoms with Gasteiger partial charge in [-0.3, -0.25) is 14.6 Å². The molecule has 1 unspecified atom stereocenters. The first kappa shape index (κ1) is 35.4. The largest absolute Gasteiger partial charge is 0.481 e. The van der Waals surface area contributed by atoms with Gasteiger partial charge < -0.3 is 19.1 Å². The number of rotatable bonds is 10. The molecule has 3 saturated heterocycles. The molecule has 0 radical (unpaired) electrons. The summed E-state index contributed by atoms with van der Waals surface area (Å²) in [5.74, 6) is 2.77. The van der Waals surface area contributed by atoms with Crippen molar-refractivity contribution in [3.05, 3.63) is 83.2 Å². The Morgan fingerprint density at radius 1 is 0.915 bits per heavy atom. The molecule has 7 rings (SSSR count). The molecule has 0 N–H and O–H groups in total. The van der Waals surface area contributed by atoms with E-state index in [0.717, 1.165) is 63.3 Å². The van der Waals surface area contributed by atoms with Gasteiger partial charge in [0.1, 0.15) is 11.9 Å². The second-order valence-corrected chi connectivity index (χ2v) is 12.8. The van der Waals surface area contributed by atoms with Gasteiger partial charge in [0.15, 0.2) is 0 Å². The van der Waals surface area contributed by atoms with E-state index >= 15 is 0 Å². The van der Waals surface area contributed by atoms with Crippen LogP contribution in [0.3, 0.4) is 0 Å². The summed E-state index contributed by atoms with van der Waals surface area (Å²) < 4.78 is 17.8.